The molecule has 0 saturated carbocycles. The molecule has 0 spiro atoms. The molecule has 0 aliphatic rings. The molecular formula is C14H12N2O3. The molecule has 0 aliphatic heterocycles. The molecule has 2 aromatic carbocycles. The van der Waals surface area contributed by atoms with E-state index in [1.807, 2.05) is 18.2 Å². The normalized spacial score (nSPS) is 9.95. The van der Waals surface area contributed by atoms with Crippen LogP contribution in [0.25, 0.3) is 11.1 Å². The highest BCUT2D eigenvalue weighted by Crippen LogP contribution is 2.25. The Kier molecular flexibility index (Phi) is 3.58. The standard InChI is InChI=1S/C14H12N2O3/c15-13(17)10-6-7-11(14(18)16-19)12(8-10)9-4-2-1-3-5-9/h1-8,19H,(H2,15,17)(H,16,18). The number of carbonyl (C=O) groups excluding carboxylic acids is 2. The number of amides is 2. The van der Waals surface area contributed by atoms with Gasteiger partial charge in [0, 0.05) is 11.1 Å². The van der Waals surface area contributed by atoms with Gasteiger partial charge in [0.1, 0.15) is 0 Å². The smallest absolute Gasteiger partial charge is 0.275 e. The van der Waals surface area contributed by atoms with Crippen LogP contribution in [-0.2, 0) is 0 Å². The molecule has 0 atom stereocenters. The van der Waals surface area contributed by atoms with E-state index in [1.165, 1.54) is 18.2 Å². The van der Waals surface area contributed by atoms with Gasteiger partial charge in [0.2, 0.25) is 5.91 Å². The summed E-state index contributed by atoms with van der Waals surface area (Å²) in [6.45, 7) is 0. The van der Waals surface area contributed by atoms with Crippen LogP contribution in [-0.4, -0.2) is 17.0 Å². The largest absolute Gasteiger partial charge is 0.366 e. The van der Waals surface area contributed by atoms with Crippen molar-refractivity contribution < 1.29 is 14.8 Å². The monoisotopic (exact) mass is 256 g/mol. The first-order chi connectivity index (χ1) is 9.13. The van der Waals surface area contributed by atoms with Crippen LogP contribution in [0.1, 0.15) is 20.7 Å². The Morgan fingerprint density at radius 1 is 1.05 bits per heavy atom. The van der Waals surface area contributed by atoms with Gasteiger partial charge in [-0.3, -0.25) is 14.8 Å². The summed E-state index contributed by atoms with van der Waals surface area (Å²) >= 11 is 0. The van der Waals surface area contributed by atoms with E-state index in [-0.39, 0.29) is 5.56 Å². The third kappa shape index (κ3) is 2.61. The van der Waals surface area contributed by atoms with Crippen LogP contribution in [0.4, 0.5) is 0 Å². The van der Waals surface area contributed by atoms with Crippen LogP contribution in [0.3, 0.4) is 0 Å². The van der Waals surface area contributed by atoms with Gasteiger partial charge >= 0.3 is 0 Å². The van der Waals surface area contributed by atoms with E-state index >= 15 is 0 Å². The summed E-state index contributed by atoms with van der Waals surface area (Å²) in [4.78, 5) is 22.8. The number of primary amides is 1. The zero-order valence-electron chi connectivity index (χ0n) is 9.96. The summed E-state index contributed by atoms with van der Waals surface area (Å²) in [6, 6.07) is 13.5. The maximum Gasteiger partial charge on any atom is 0.275 e. The van der Waals surface area contributed by atoms with Crippen LogP contribution in [0.2, 0.25) is 0 Å². The van der Waals surface area contributed by atoms with Gasteiger partial charge in [-0.25, -0.2) is 5.48 Å². The van der Waals surface area contributed by atoms with E-state index in [0.717, 1.165) is 5.56 Å². The van der Waals surface area contributed by atoms with Crippen molar-refractivity contribution in [1.82, 2.24) is 5.48 Å². The summed E-state index contributed by atoms with van der Waals surface area (Å²) in [7, 11) is 0. The highest BCUT2D eigenvalue weighted by Gasteiger charge is 2.14. The minimum absolute atomic E-state index is 0.263. The molecule has 5 nitrogen and oxygen atoms in total. The average Bonchev–Trinajstić information content (AvgIpc) is 2.46. The lowest BCUT2D eigenvalue weighted by Gasteiger charge is -2.09. The molecule has 5 heteroatoms. The van der Waals surface area contributed by atoms with Crippen LogP contribution in [0, 0.1) is 0 Å². The summed E-state index contributed by atoms with van der Waals surface area (Å²) < 4.78 is 0. The van der Waals surface area contributed by atoms with Gasteiger partial charge in [-0.1, -0.05) is 30.3 Å². The van der Waals surface area contributed by atoms with Gasteiger partial charge in [-0.05, 0) is 29.3 Å². The number of hydrogen-bond donors (Lipinski definition) is 3. The van der Waals surface area contributed by atoms with Crippen molar-refractivity contribution in [2.75, 3.05) is 0 Å². The fraction of sp³-hybridized carbons (Fsp3) is 0. The first-order valence-corrected chi connectivity index (χ1v) is 5.57. The first kappa shape index (κ1) is 12.8. The number of hydrogen-bond acceptors (Lipinski definition) is 3. The predicted molar refractivity (Wildman–Crippen MR) is 69.6 cm³/mol. The van der Waals surface area contributed by atoms with Crippen molar-refractivity contribution in [3.63, 3.8) is 0 Å². The molecule has 96 valence electrons. The van der Waals surface area contributed by atoms with Gasteiger partial charge in [-0.2, -0.15) is 0 Å². The topological polar surface area (TPSA) is 92.4 Å². The molecule has 0 aliphatic carbocycles. The number of nitrogens with two attached hydrogens (primary N) is 1. The third-order valence-electron chi connectivity index (χ3n) is 2.74. The summed E-state index contributed by atoms with van der Waals surface area (Å²) in [5.74, 6) is -1.22. The van der Waals surface area contributed by atoms with Crippen LogP contribution in [0.5, 0.6) is 0 Å². The van der Waals surface area contributed by atoms with Crippen LogP contribution in [0.15, 0.2) is 48.5 Å². The van der Waals surface area contributed by atoms with Crippen molar-refractivity contribution in [1.29, 1.82) is 0 Å². The van der Waals surface area contributed by atoms with E-state index in [4.69, 9.17) is 10.9 Å². The van der Waals surface area contributed by atoms with Crippen molar-refractivity contribution in [2.45, 2.75) is 0 Å². The fourth-order valence-electron chi connectivity index (χ4n) is 1.81. The van der Waals surface area contributed by atoms with E-state index in [0.29, 0.717) is 11.1 Å². The molecule has 4 N–H and O–H groups in total. The third-order valence-corrected chi connectivity index (χ3v) is 2.74. The quantitative estimate of drug-likeness (QED) is 0.575. The highest BCUT2D eigenvalue weighted by molar-refractivity contribution is 6.03. The second kappa shape index (κ2) is 5.32. The van der Waals surface area contributed by atoms with Gasteiger partial charge < -0.3 is 5.73 Å². The fourth-order valence-corrected chi connectivity index (χ4v) is 1.81. The van der Waals surface area contributed by atoms with E-state index in [9.17, 15) is 9.59 Å². The predicted octanol–water partition coefficient (Wildman–Crippen LogP) is 1.57. The maximum absolute atomic E-state index is 11.6. The van der Waals surface area contributed by atoms with Crippen molar-refractivity contribution in [2.24, 2.45) is 5.73 Å². The van der Waals surface area contributed by atoms with Gasteiger partial charge in [-0.15, -0.1) is 0 Å². The molecule has 2 aromatic rings. The minimum Gasteiger partial charge on any atom is -0.366 e. The Bertz CT molecular complexity index is 624. The molecule has 0 heterocycles. The molecule has 0 saturated heterocycles. The molecule has 0 fully saturated rings. The molecule has 0 radical (unpaired) electrons. The Balaban J connectivity index is 2.63. The van der Waals surface area contributed by atoms with Crippen molar-refractivity contribution >= 4 is 11.8 Å². The van der Waals surface area contributed by atoms with E-state index < -0.39 is 11.8 Å². The first-order valence-electron chi connectivity index (χ1n) is 5.57. The van der Waals surface area contributed by atoms with E-state index in [1.54, 1.807) is 17.6 Å². The zero-order valence-corrected chi connectivity index (χ0v) is 9.96. The van der Waals surface area contributed by atoms with Gasteiger partial charge in [0.15, 0.2) is 0 Å². The Labute approximate surface area is 109 Å². The molecule has 19 heavy (non-hydrogen) atoms. The van der Waals surface area contributed by atoms with Gasteiger partial charge in [0.05, 0.1) is 0 Å². The average molecular weight is 256 g/mol. The second-order valence-corrected chi connectivity index (χ2v) is 3.93. The summed E-state index contributed by atoms with van der Waals surface area (Å²) in [5.41, 5.74) is 8.66. The summed E-state index contributed by atoms with van der Waals surface area (Å²) in [5, 5.41) is 8.75. The molecule has 2 rings (SSSR count). The zero-order chi connectivity index (χ0) is 13.8. The number of nitrogens with one attached hydrogen (secondary N) is 1. The Morgan fingerprint density at radius 2 is 1.74 bits per heavy atom. The van der Waals surface area contributed by atoms with Crippen LogP contribution < -0.4 is 11.2 Å². The molecular weight excluding hydrogens is 244 g/mol. The lowest BCUT2D eigenvalue weighted by atomic mass is 9.96. The number of benzene rings is 2. The number of rotatable bonds is 3. The number of carbonyl (C=O) groups is 2. The molecule has 0 bridgehead atoms. The molecule has 0 unspecified atom stereocenters. The maximum atomic E-state index is 11.6. The lowest BCUT2D eigenvalue weighted by Crippen LogP contribution is -2.20. The Hall–Kier alpha value is -2.66. The summed E-state index contributed by atoms with van der Waals surface area (Å²) in [6.07, 6.45) is 0. The lowest BCUT2D eigenvalue weighted by molar-refractivity contribution is 0.0707. The Morgan fingerprint density at radius 3 is 2.32 bits per heavy atom. The number of hydroxylamine groups is 1. The van der Waals surface area contributed by atoms with Crippen molar-refractivity contribution in [3.8, 4) is 11.1 Å². The van der Waals surface area contributed by atoms with Crippen molar-refractivity contribution in [3.05, 3.63) is 59.7 Å². The molecule has 2 amide bonds. The second-order valence-electron chi connectivity index (χ2n) is 3.93. The van der Waals surface area contributed by atoms with E-state index in [2.05, 4.69) is 0 Å². The van der Waals surface area contributed by atoms with Gasteiger partial charge in [0.25, 0.3) is 5.91 Å². The molecule has 0 aromatic heterocycles. The van der Waals surface area contributed by atoms with Crippen LogP contribution >= 0.6 is 0 Å². The minimum atomic E-state index is -0.644. The SMILES string of the molecule is NC(=O)c1ccc(C(=O)NO)c(-c2ccccc2)c1. The highest BCUT2D eigenvalue weighted by atomic mass is 16.5.